The highest BCUT2D eigenvalue weighted by Crippen LogP contribution is 2.35. The van der Waals surface area contributed by atoms with Gasteiger partial charge in [-0.15, -0.1) is 0 Å². The molecule has 32 heavy (non-hydrogen) atoms. The van der Waals surface area contributed by atoms with Gasteiger partial charge in [-0.25, -0.2) is 0 Å². The van der Waals surface area contributed by atoms with Crippen LogP contribution in [0.5, 0.6) is 5.75 Å². The lowest BCUT2D eigenvalue weighted by Crippen LogP contribution is -2.37. The van der Waals surface area contributed by atoms with E-state index >= 15 is 0 Å². The number of rotatable bonds is 5. The summed E-state index contributed by atoms with van der Waals surface area (Å²) in [5.41, 5.74) is 1.34. The van der Waals surface area contributed by atoms with Crippen LogP contribution in [0.25, 0.3) is 6.08 Å². The molecule has 8 nitrogen and oxygen atoms in total. The third kappa shape index (κ3) is 4.59. The van der Waals surface area contributed by atoms with Crippen LogP contribution in [0.2, 0.25) is 10.0 Å². The minimum atomic E-state index is -0.469. The largest absolute Gasteiger partial charge is 0.482 e. The smallest absolute Gasteiger partial charge is 0.293 e. The Kier molecular flexibility index (Phi) is 6.40. The quantitative estimate of drug-likeness (QED) is 0.616. The molecule has 0 atom stereocenters. The van der Waals surface area contributed by atoms with Crippen molar-refractivity contribution in [3.63, 3.8) is 0 Å². The average molecular weight is 492 g/mol. The third-order valence-electron chi connectivity index (χ3n) is 4.64. The van der Waals surface area contributed by atoms with Crippen LogP contribution in [-0.4, -0.2) is 47.6 Å². The van der Waals surface area contributed by atoms with Crippen LogP contribution in [0.3, 0.4) is 0 Å². The number of hydrogen-bond acceptors (Lipinski definition) is 6. The van der Waals surface area contributed by atoms with Gasteiger partial charge in [0.15, 0.2) is 6.61 Å². The minimum absolute atomic E-state index is 0.00846. The van der Waals surface area contributed by atoms with Gasteiger partial charge in [-0.05, 0) is 47.7 Å². The molecule has 0 spiro atoms. The van der Waals surface area contributed by atoms with Crippen LogP contribution in [0.15, 0.2) is 41.3 Å². The molecule has 1 fully saturated rings. The monoisotopic (exact) mass is 491 g/mol. The van der Waals surface area contributed by atoms with Gasteiger partial charge < -0.3 is 15.4 Å². The van der Waals surface area contributed by atoms with Crippen molar-refractivity contribution in [1.29, 1.82) is 0 Å². The molecule has 0 bridgehead atoms. The second-order valence-corrected chi connectivity index (χ2v) is 8.56. The number of halogens is 2. The molecule has 0 saturated carbocycles. The highest BCUT2D eigenvalue weighted by molar-refractivity contribution is 8.18. The summed E-state index contributed by atoms with van der Waals surface area (Å²) in [6.07, 6.45) is 1.52. The number of amides is 4. The van der Waals surface area contributed by atoms with E-state index in [4.69, 9.17) is 27.9 Å². The maximum atomic E-state index is 12.6. The normalized spacial score (nSPS) is 16.6. The molecule has 4 amide bonds. The molecule has 1 saturated heterocycles. The number of thioether (sulfide) groups is 1. The lowest BCUT2D eigenvalue weighted by molar-refractivity contribution is -0.122. The Morgan fingerprint density at radius 1 is 1.22 bits per heavy atom. The van der Waals surface area contributed by atoms with E-state index < -0.39 is 17.1 Å². The Morgan fingerprint density at radius 3 is 2.84 bits per heavy atom. The predicted molar refractivity (Wildman–Crippen MR) is 122 cm³/mol. The number of hydrogen-bond donors (Lipinski definition) is 2. The van der Waals surface area contributed by atoms with Crippen LogP contribution in [0, 0.1) is 0 Å². The van der Waals surface area contributed by atoms with E-state index in [1.165, 1.54) is 12.1 Å². The van der Waals surface area contributed by atoms with Crippen LogP contribution >= 0.6 is 35.0 Å². The number of benzene rings is 2. The second-order valence-electron chi connectivity index (χ2n) is 6.78. The van der Waals surface area contributed by atoms with Gasteiger partial charge in [0.25, 0.3) is 23.0 Å². The molecule has 2 aliphatic heterocycles. The number of carbonyl (C=O) groups excluding carboxylic acids is 4. The van der Waals surface area contributed by atoms with Gasteiger partial charge in [0.1, 0.15) is 5.75 Å². The number of fused-ring (bicyclic) bond motifs is 1. The Balaban J connectivity index is 1.37. The number of nitrogens with zero attached hydrogens (tertiary/aromatic N) is 1. The predicted octanol–water partition coefficient (Wildman–Crippen LogP) is 3.79. The molecule has 2 N–H and O–H groups in total. The first-order chi connectivity index (χ1) is 15.3. The van der Waals surface area contributed by atoms with Crippen molar-refractivity contribution in [3.8, 4) is 5.75 Å². The van der Waals surface area contributed by atoms with Crippen molar-refractivity contribution in [3.05, 3.63) is 62.5 Å². The van der Waals surface area contributed by atoms with Crippen molar-refractivity contribution >= 4 is 69.7 Å². The minimum Gasteiger partial charge on any atom is -0.482 e. The molecule has 164 valence electrons. The van der Waals surface area contributed by atoms with Gasteiger partial charge in [-0.3, -0.25) is 24.1 Å². The summed E-state index contributed by atoms with van der Waals surface area (Å²) < 4.78 is 5.30. The van der Waals surface area contributed by atoms with E-state index in [0.29, 0.717) is 32.6 Å². The first-order valence-electron chi connectivity index (χ1n) is 9.38. The van der Waals surface area contributed by atoms with Crippen LogP contribution in [-0.2, 0) is 9.59 Å². The molecule has 0 radical (unpaired) electrons. The number of anilines is 1. The zero-order valence-corrected chi connectivity index (χ0v) is 18.6. The first-order valence-corrected chi connectivity index (χ1v) is 10.9. The first kappa shape index (κ1) is 22.2. The summed E-state index contributed by atoms with van der Waals surface area (Å²) in [4.78, 5) is 49.9. The molecule has 11 heteroatoms. The number of imide groups is 1. The zero-order valence-electron chi connectivity index (χ0n) is 16.3. The lowest BCUT2D eigenvalue weighted by atomic mass is 10.1. The van der Waals surface area contributed by atoms with Crippen LogP contribution < -0.4 is 15.4 Å². The van der Waals surface area contributed by atoms with Crippen LogP contribution in [0.1, 0.15) is 15.9 Å². The van der Waals surface area contributed by atoms with Crippen molar-refractivity contribution in [2.24, 2.45) is 0 Å². The van der Waals surface area contributed by atoms with E-state index in [-0.39, 0.29) is 30.5 Å². The fourth-order valence-electron chi connectivity index (χ4n) is 3.07. The van der Waals surface area contributed by atoms with Gasteiger partial charge in [0, 0.05) is 18.7 Å². The highest BCUT2D eigenvalue weighted by Gasteiger charge is 2.34. The van der Waals surface area contributed by atoms with Crippen molar-refractivity contribution < 1.29 is 23.9 Å². The summed E-state index contributed by atoms with van der Waals surface area (Å²) in [7, 11) is 0. The Hall–Kier alpha value is -3.01. The molecular formula is C21H15Cl2N3O5S. The number of carbonyl (C=O) groups is 4. The van der Waals surface area contributed by atoms with Crippen molar-refractivity contribution in [2.75, 3.05) is 25.0 Å². The average Bonchev–Trinajstić information content (AvgIpc) is 3.03. The maximum absolute atomic E-state index is 12.6. The fourth-order valence-corrected chi connectivity index (χ4v) is 4.28. The maximum Gasteiger partial charge on any atom is 0.293 e. The molecule has 0 aliphatic carbocycles. The SMILES string of the molecule is O=C1COc2cc(C(=O)NCCN3C(=O)S/C(=C\c4cccc(Cl)c4Cl)C3=O)ccc2N1. The molecule has 4 rings (SSSR count). The molecule has 2 heterocycles. The third-order valence-corrected chi connectivity index (χ3v) is 6.38. The number of ether oxygens (including phenoxy) is 1. The topological polar surface area (TPSA) is 105 Å². The van der Waals surface area contributed by atoms with E-state index in [1.807, 2.05) is 0 Å². The fraction of sp³-hybridized carbons (Fsp3) is 0.143. The summed E-state index contributed by atoms with van der Waals surface area (Å²) in [5, 5.41) is 5.51. The zero-order chi connectivity index (χ0) is 22.8. The van der Waals surface area contributed by atoms with E-state index in [9.17, 15) is 19.2 Å². The lowest BCUT2D eigenvalue weighted by Gasteiger charge is -2.18. The molecule has 2 aliphatic rings. The summed E-state index contributed by atoms with van der Waals surface area (Å²) in [6, 6.07) is 9.64. The molecule has 2 aromatic rings. The number of nitrogens with one attached hydrogen (secondary N) is 2. The molecular weight excluding hydrogens is 477 g/mol. The molecule has 2 aromatic carbocycles. The van der Waals surface area contributed by atoms with Gasteiger partial charge in [-0.2, -0.15) is 0 Å². The summed E-state index contributed by atoms with van der Waals surface area (Å²) in [6.45, 7) is -0.0452. The highest BCUT2D eigenvalue weighted by atomic mass is 35.5. The standard InChI is InChI=1S/C21H15Cl2N3O5S/c22-13-3-1-2-11(18(13)23)9-16-20(29)26(21(30)32-16)7-6-24-19(28)12-4-5-14-15(8-12)31-10-17(27)25-14/h1-5,8-9H,6-7,10H2,(H,24,28)(H,25,27)/b16-9-. The van der Waals surface area contributed by atoms with Crippen molar-refractivity contribution in [1.82, 2.24) is 10.2 Å². The summed E-state index contributed by atoms with van der Waals surface area (Å²) >= 11 is 12.9. The Bertz CT molecular complexity index is 1180. The van der Waals surface area contributed by atoms with Gasteiger partial charge >= 0.3 is 0 Å². The van der Waals surface area contributed by atoms with E-state index in [0.717, 1.165) is 16.7 Å². The Labute approximate surface area is 196 Å². The second kappa shape index (κ2) is 9.23. The van der Waals surface area contributed by atoms with E-state index in [1.54, 1.807) is 30.3 Å². The molecule has 0 unspecified atom stereocenters. The summed E-state index contributed by atoms with van der Waals surface area (Å²) in [5.74, 6) is -0.740. The van der Waals surface area contributed by atoms with Crippen LogP contribution in [0.4, 0.5) is 10.5 Å². The van der Waals surface area contributed by atoms with Gasteiger partial charge in [0.2, 0.25) is 0 Å². The Morgan fingerprint density at radius 2 is 2.03 bits per heavy atom. The van der Waals surface area contributed by atoms with Crippen molar-refractivity contribution in [2.45, 2.75) is 0 Å². The van der Waals surface area contributed by atoms with Gasteiger partial charge in [-0.1, -0.05) is 35.3 Å². The van der Waals surface area contributed by atoms with Gasteiger partial charge in [0.05, 0.1) is 20.6 Å². The molecule has 0 aromatic heterocycles. The van der Waals surface area contributed by atoms with E-state index in [2.05, 4.69) is 10.6 Å².